The first-order valence-corrected chi connectivity index (χ1v) is 7.27. The van der Waals surface area contributed by atoms with Crippen molar-refractivity contribution in [2.45, 2.75) is 5.33 Å². The number of hydrogen-bond acceptors (Lipinski definition) is 2. The van der Waals surface area contributed by atoms with E-state index in [1.54, 1.807) is 6.07 Å². The maximum Gasteiger partial charge on any atom is 0.167 e. The van der Waals surface area contributed by atoms with E-state index >= 15 is 0 Å². The van der Waals surface area contributed by atoms with Crippen molar-refractivity contribution in [1.82, 2.24) is 0 Å². The molecule has 5 heteroatoms. The average Bonchev–Trinajstić information content (AvgIpc) is 2.42. The van der Waals surface area contributed by atoms with E-state index in [4.69, 9.17) is 10.00 Å². The lowest BCUT2D eigenvalue weighted by Gasteiger charge is -2.10. The van der Waals surface area contributed by atoms with Crippen molar-refractivity contribution < 1.29 is 9.13 Å². The second-order valence-electron chi connectivity index (χ2n) is 3.74. The van der Waals surface area contributed by atoms with Crippen LogP contribution in [0.3, 0.4) is 0 Å². The fourth-order valence-electron chi connectivity index (χ4n) is 1.52. The molecule has 2 aromatic rings. The maximum absolute atomic E-state index is 13.7. The van der Waals surface area contributed by atoms with E-state index in [1.165, 1.54) is 12.1 Å². The third kappa shape index (κ3) is 3.34. The molecule has 0 aliphatic heterocycles. The molecule has 0 radical (unpaired) electrons. The van der Waals surface area contributed by atoms with Crippen LogP contribution in [-0.2, 0) is 5.33 Å². The van der Waals surface area contributed by atoms with Gasteiger partial charge in [-0.1, -0.05) is 31.9 Å². The van der Waals surface area contributed by atoms with Crippen LogP contribution < -0.4 is 4.74 Å². The van der Waals surface area contributed by atoms with Crippen molar-refractivity contribution in [3.8, 4) is 17.6 Å². The van der Waals surface area contributed by atoms with Crippen LogP contribution in [0.25, 0.3) is 0 Å². The first-order valence-electron chi connectivity index (χ1n) is 5.36. The summed E-state index contributed by atoms with van der Waals surface area (Å²) < 4.78 is 20.2. The van der Waals surface area contributed by atoms with Crippen molar-refractivity contribution in [3.63, 3.8) is 0 Å². The summed E-state index contributed by atoms with van der Waals surface area (Å²) >= 11 is 6.73. The van der Waals surface area contributed by atoms with Gasteiger partial charge in [0.1, 0.15) is 5.75 Å². The SMILES string of the molecule is N#Cc1ccc(Oc2ccc(Br)cc2CBr)c(F)c1. The average molecular weight is 385 g/mol. The van der Waals surface area contributed by atoms with Crippen molar-refractivity contribution in [2.24, 2.45) is 0 Å². The number of hydrogen-bond donors (Lipinski definition) is 0. The smallest absolute Gasteiger partial charge is 0.167 e. The summed E-state index contributed by atoms with van der Waals surface area (Å²) in [5.41, 5.74) is 1.17. The first kappa shape index (κ1) is 14.0. The van der Waals surface area contributed by atoms with Crippen molar-refractivity contribution in [3.05, 3.63) is 57.8 Å². The molecule has 0 fully saturated rings. The van der Waals surface area contributed by atoms with Gasteiger partial charge < -0.3 is 4.74 Å². The molecule has 0 saturated heterocycles. The Balaban J connectivity index is 2.34. The van der Waals surface area contributed by atoms with E-state index in [1.807, 2.05) is 18.2 Å². The molecule has 2 nitrogen and oxygen atoms in total. The van der Waals surface area contributed by atoms with Crippen LogP contribution in [0.2, 0.25) is 0 Å². The maximum atomic E-state index is 13.7. The third-order valence-electron chi connectivity index (χ3n) is 2.45. The molecule has 0 bridgehead atoms. The van der Waals surface area contributed by atoms with E-state index < -0.39 is 5.82 Å². The Bertz CT molecular complexity index is 652. The van der Waals surface area contributed by atoms with Gasteiger partial charge in [0.2, 0.25) is 0 Å². The molecule has 0 aliphatic carbocycles. The van der Waals surface area contributed by atoms with Gasteiger partial charge in [-0.15, -0.1) is 0 Å². The van der Waals surface area contributed by atoms with Crippen LogP contribution in [-0.4, -0.2) is 0 Å². The fourth-order valence-corrected chi connectivity index (χ4v) is 2.37. The summed E-state index contributed by atoms with van der Waals surface area (Å²) in [6.07, 6.45) is 0. The number of benzene rings is 2. The van der Waals surface area contributed by atoms with Gasteiger partial charge in [0.15, 0.2) is 11.6 Å². The number of rotatable bonds is 3. The van der Waals surface area contributed by atoms with E-state index in [-0.39, 0.29) is 11.3 Å². The molecule has 2 aromatic carbocycles. The third-order valence-corrected chi connectivity index (χ3v) is 3.54. The molecule has 0 spiro atoms. The highest BCUT2D eigenvalue weighted by Crippen LogP contribution is 2.31. The minimum atomic E-state index is -0.553. The zero-order chi connectivity index (χ0) is 13.8. The lowest BCUT2D eigenvalue weighted by atomic mass is 10.2. The van der Waals surface area contributed by atoms with Crippen molar-refractivity contribution in [2.75, 3.05) is 0 Å². The van der Waals surface area contributed by atoms with Crippen molar-refractivity contribution >= 4 is 31.9 Å². The standard InChI is InChI=1S/C14H8Br2FNO/c15-7-10-6-11(16)2-4-13(10)19-14-3-1-9(8-18)5-12(14)17/h1-6H,7H2. The Kier molecular flexibility index (Phi) is 4.56. The molecule has 0 N–H and O–H groups in total. The number of nitrogens with zero attached hydrogens (tertiary/aromatic N) is 1. The molecule has 0 aliphatic rings. The predicted octanol–water partition coefficient (Wildman–Crippen LogP) is 5.15. The lowest BCUT2D eigenvalue weighted by Crippen LogP contribution is -1.93. The summed E-state index contributed by atoms with van der Waals surface area (Å²) in [4.78, 5) is 0. The first-order chi connectivity index (χ1) is 9.13. The van der Waals surface area contributed by atoms with Crippen LogP contribution in [0.5, 0.6) is 11.5 Å². The van der Waals surface area contributed by atoms with Crippen LogP contribution in [0.1, 0.15) is 11.1 Å². The van der Waals surface area contributed by atoms with Gasteiger partial charge in [0.05, 0.1) is 11.6 Å². The highest BCUT2D eigenvalue weighted by atomic mass is 79.9. The van der Waals surface area contributed by atoms with Gasteiger partial charge in [0.25, 0.3) is 0 Å². The largest absolute Gasteiger partial charge is 0.454 e. The Labute approximate surface area is 127 Å². The van der Waals surface area contributed by atoms with Crippen LogP contribution in [0.15, 0.2) is 40.9 Å². The van der Waals surface area contributed by atoms with Gasteiger partial charge in [-0.2, -0.15) is 5.26 Å². The van der Waals surface area contributed by atoms with Crippen LogP contribution >= 0.6 is 31.9 Å². The van der Waals surface area contributed by atoms with Gasteiger partial charge in [-0.3, -0.25) is 0 Å². The van der Waals surface area contributed by atoms with Gasteiger partial charge in [0, 0.05) is 15.4 Å². The molecule has 0 heterocycles. The van der Waals surface area contributed by atoms with E-state index in [0.717, 1.165) is 16.1 Å². The van der Waals surface area contributed by atoms with Crippen LogP contribution in [0.4, 0.5) is 4.39 Å². The summed E-state index contributed by atoms with van der Waals surface area (Å²) in [7, 11) is 0. The molecule has 0 aromatic heterocycles. The predicted molar refractivity (Wildman–Crippen MR) is 78.0 cm³/mol. The Morgan fingerprint density at radius 3 is 2.53 bits per heavy atom. The highest BCUT2D eigenvalue weighted by Gasteiger charge is 2.09. The van der Waals surface area contributed by atoms with Crippen LogP contribution in [0, 0.1) is 17.1 Å². The molecule has 0 atom stereocenters. The van der Waals surface area contributed by atoms with E-state index in [9.17, 15) is 4.39 Å². The molecule has 2 rings (SSSR count). The van der Waals surface area contributed by atoms with Gasteiger partial charge in [-0.05, 0) is 36.4 Å². The quantitative estimate of drug-likeness (QED) is 0.685. The normalized spacial score (nSPS) is 10.0. The molecular formula is C14H8Br2FNO. The number of nitriles is 1. The zero-order valence-electron chi connectivity index (χ0n) is 9.66. The molecule has 19 heavy (non-hydrogen) atoms. The molecular weight excluding hydrogens is 377 g/mol. The monoisotopic (exact) mass is 383 g/mol. The number of alkyl halides is 1. The second kappa shape index (κ2) is 6.18. The van der Waals surface area contributed by atoms with E-state index in [0.29, 0.717) is 11.1 Å². The number of halogens is 3. The molecule has 0 unspecified atom stereocenters. The van der Waals surface area contributed by atoms with Gasteiger partial charge in [-0.25, -0.2) is 4.39 Å². The Morgan fingerprint density at radius 1 is 1.16 bits per heavy atom. The summed E-state index contributed by atoms with van der Waals surface area (Å²) in [5, 5.41) is 9.28. The summed E-state index contributed by atoms with van der Waals surface area (Å²) in [6.45, 7) is 0. The second-order valence-corrected chi connectivity index (χ2v) is 5.22. The molecule has 96 valence electrons. The van der Waals surface area contributed by atoms with Gasteiger partial charge >= 0.3 is 0 Å². The molecule has 0 amide bonds. The molecule has 0 saturated carbocycles. The highest BCUT2D eigenvalue weighted by molar-refractivity contribution is 9.10. The minimum Gasteiger partial charge on any atom is -0.454 e. The summed E-state index contributed by atoms with van der Waals surface area (Å²) in [6, 6.07) is 11.5. The number of ether oxygens (including phenoxy) is 1. The minimum absolute atomic E-state index is 0.100. The fraction of sp³-hybridized carbons (Fsp3) is 0.0714. The lowest BCUT2D eigenvalue weighted by molar-refractivity contribution is 0.439. The Hall–Kier alpha value is -1.38. The Morgan fingerprint density at radius 2 is 1.89 bits per heavy atom. The zero-order valence-corrected chi connectivity index (χ0v) is 12.8. The van der Waals surface area contributed by atoms with E-state index in [2.05, 4.69) is 31.9 Å². The topological polar surface area (TPSA) is 33.0 Å². The van der Waals surface area contributed by atoms with Crippen molar-refractivity contribution in [1.29, 1.82) is 5.26 Å². The summed E-state index contributed by atoms with van der Waals surface area (Å²) in [5.74, 6) is 0.120.